The van der Waals surface area contributed by atoms with Gasteiger partial charge in [-0.3, -0.25) is 4.79 Å². The molecule has 9 heteroatoms. The second-order valence-electron chi connectivity index (χ2n) is 17.3. The second-order valence-corrected chi connectivity index (χ2v) is 17.3. The van der Waals surface area contributed by atoms with Crippen LogP contribution >= 0.6 is 0 Å². The van der Waals surface area contributed by atoms with Crippen molar-refractivity contribution in [1.82, 2.24) is 5.32 Å². The maximum Gasteiger partial charge on any atom is 0.220 e. The zero-order valence-corrected chi connectivity index (χ0v) is 37.6. The molecule has 6 N–H and O–H groups in total. The van der Waals surface area contributed by atoms with Crippen molar-refractivity contribution in [2.24, 2.45) is 0 Å². The molecule has 0 saturated carbocycles. The van der Waals surface area contributed by atoms with Crippen molar-refractivity contribution >= 4 is 5.91 Å². The van der Waals surface area contributed by atoms with E-state index in [4.69, 9.17) is 9.47 Å². The first-order valence-corrected chi connectivity index (χ1v) is 24.5. The van der Waals surface area contributed by atoms with Crippen molar-refractivity contribution in [3.05, 3.63) is 24.3 Å². The molecule has 7 unspecified atom stereocenters. The van der Waals surface area contributed by atoms with Gasteiger partial charge in [-0.05, 0) is 44.9 Å². The molecule has 342 valence electrons. The van der Waals surface area contributed by atoms with Gasteiger partial charge in [-0.1, -0.05) is 199 Å². The van der Waals surface area contributed by atoms with E-state index >= 15 is 0 Å². The molecular weight excluding hydrogens is 731 g/mol. The third kappa shape index (κ3) is 29.8. The van der Waals surface area contributed by atoms with Crippen LogP contribution in [0.25, 0.3) is 0 Å². The predicted octanol–water partition coefficient (Wildman–Crippen LogP) is 10.7. The van der Waals surface area contributed by atoms with E-state index in [1.165, 1.54) is 148 Å². The molecule has 0 radical (unpaired) electrons. The fourth-order valence-corrected chi connectivity index (χ4v) is 7.84. The fourth-order valence-electron chi connectivity index (χ4n) is 7.84. The topological polar surface area (TPSA) is 149 Å². The third-order valence-corrected chi connectivity index (χ3v) is 11.8. The Balaban J connectivity index is 2.26. The van der Waals surface area contributed by atoms with Crippen LogP contribution in [0, 0.1) is 0 Å². The van der Waals surface area contributed by atoms with Gasteiger partial charge in [0.1, 0.15) is 24.4 Å². The lowest BCUT2D eigenvalue weighted by Gasteiger charge is -2.40. The Bertz CT molecular complexity index is 961. The number of unbranched alkanes of at least 4 members (excludes halogenated alkanes) is 27. The summed E-state index contributed by atoms with van der Waals surface area (Å²) in [6.45, 7) is 3.83. The minimum Gasteiger partial charge on any atom is -0.394 e. The van der Waals surface area contributed by atoms with Crippen molar-refractivity contribution in [1.29, 1.82) is 0 Å². The molecule has 0 spiro atoms. The highest BCUT2D eigenvalue weighted by Crippen LogP contribution is 2.23. The van der Waals surface area contributed by atoms with Crippen molar-refractivity contribution in [3.8, 4) is 0 Å². The van der Waals surface area contributed by atoms with Gasteiger partial charge in [-0.25, -0.2) is 0 Å². The number of carbonyl (C=O) groups is 1. The summed E-state index contributed by atoms with van der Waals surface area (Å²) in [5, 5.41) is 54.3. The molecule has 9 nitrogen and oxygen atoms in total. The van der Waals surface area contributed by atoms with Gasteiger partial charge in [0.25, 0.3) is 0 Å². The van der Waals surface area contributed by atoms with E-state index in [1.54, 1.807) is 0 Å². The number of hydrogen-bond acceptors (Lipinski definition) is 8. The van der Waals surface area contributed by atoms with Gasteiger partial charge in [0, 0.05) is 6.42 Å². The molecule has 0 bridgehead atoms. The Kier molecular flexibility index (Phi) is 37.5. The molecule has 1 heterocycles. The quantitative estimate of drug-likeness (QED) is 0.0264. The van der Waals surface area contributed by atoms with E-state index in [0.717, 1.165) is 51.4 Å². The minimum absolute atomic E-state index is 0.140. The largest absolute Gasteiger partial charge is 0.394 e. The maximum atomic E-state index is 13.0. The molecule has 1 rings (SSSR count). The third-order valence-electron chi connectivity index (χ3n) is 11.8. The van der Waals surface area contributed by atoms with Gasteiger partial charge in [-0.2, -0.15) is 0 Å². The molecule has 58 heavy (non-hydrogen) atoms. The van der Waals surface area contributed by atoms with Gasteiger partial charge in [-0.15, -0.1) is 0 Å². The molecule has 1 saturated heterocycles. The van der Waals surface area contributed by atoms with E-state index in [9.17, 15) is 30.3 Å². The Morgan fingerprint density at radius 2 is 1.02 bits per heavy atom. The molecule has 0 aromatic heterocycles. The first-order chi connectivity index (χ1) is 28.3. The zero-order chi connectivity index (χ0) is 42.3. The summed E-state index contributed by atoms with van der Waals surface area (Å²) in [6, 6.07) is -0.720. The van der Waals surface area contributed by atoms with Gasteiger partial charge in [0.15, 0.2) is 6.29 Å². The van der Waals surface area contributed by atoms with Gasteiger partial charge in [0.05, 0.1) is 25.4 Å². The van der Waals surface area contributed by atoms with Crippen molar-refractivity contribution in [2.75, 3.05) is 13.2 Å². The average molecular weight is 824 g/mol. The number of allylic oxidation sites excluding steroid dienone is 4. The van der Waals surface area contributed by atoms with Crippen LogP contribution < -0.4 is 5.32 Å². The van der Waals surface area contributed by atoms with E-state index in [0.29, 0.717) is 12.8 Å². The van der Waals surface area contributed by atoms with Crippen molar-refractivity contribution in [2.45, 2.75) is 269 Å². The number of ether oxygens (including phenoxy) is 2. The van der Waals surface area contributed by atoms with Crippen LogP contribution in [-0.4, -0.2) is 87.5 Å². The number of amides is 1. The lowest BCUT2D eigenvalue weighted by atomic mass is 9.99. The fraction of sp³-hybridized carbons (Fsp3) is 0.898. The predicted molar refractivity (Wildman–Crippen MR) is 240 cm³/mol. The monoisotopic (exact) mass is 824 g/mol. The molecular formula is C49H93NO8. The highest BCUT2D eigenvalue weighted by atomic mass is 16.7. The average Bonchev–Trinajstić information content (AvgIpc) is 3.22. The summed E-state index contributed by atoms with van der Waals surface area (Å²) in [6.07, 6.45) is 40.5. The zero-order valence-electron chi connectivity index (χ0n) is 37.6. The molecule has 7 atom stereocenters. The van der Waals surface area contributed by atoms with Crippen LogP contribution in [0.5, 0.6) is 0 Å². The lowest BCUT2D eigenvalue weighted by Crippen LogP contribution is -2.60. The minimum atomic E-state index is -1.55. The van der Waals surface area contributed by atoms with E-state index in [-0.39, 0.29) is 12.5 Å². The Hall–Kier alpha value is -1.33. The van der Waals surface area contributed by atoms with E-state index < -0.39 is 49.5 Å². The Morgan fingerprint density at radius 1 is 0.586 bits per heavy atom. The number of carbonyl (C=O) groups excluding carboxylic acids is 1. The Labute approximate surface area is 356 Å². The van der Waals surface area contributed by atoms with Gasteiger partial charge < -0.3 is 40.3 Å². The van der Waals surface area contributed by atoms with Crippen LogP contribution in [-0.2, 0) is 14.3 Å². The van der Waals surface area contributed by atoms with E-state index in [1.807, 2.05) is 0 Å². The summed E-state index contributed by atoms with van der Waals surface area (Å²) < 4.78 is 11.3. The standard InChI is InChI=1S/C49H93NO8/c1-3-5-7-9-11-13-15-17-18-19-20-21-22-23-24-25-26-27-29-31-33-35-37-39-45(53)50-42(41-57-49-48(56)47(55)46(54)44(40-51)58-49)43(52)38-36-34-32-30-28-16-14-12-10-8-6-4-2/h20-21,23-24,42-44,46-49,51-52,54-56H,3-19,22,25-41H2,1-2H3,(H,50,53)/b21-20-,24-23-. The van der Waals surface area contributed by atoms with Crippen LogP contribution in [0.3, 0.4) is 0 Å². The Morgan fingerprint density at radius 3 is 1.48 bits per heavy atom. The van der Waals surface area contributed by atoms with Crippen molar-refractivity contribution < 1.29 is 39.8 Å². The van der Waals surface area contributed by atoms with Crippen LogP contribution in [0.2, 0.25) is 0 Å². The first kappa shape index (κ1) is 54.7. The normalized spacial score (nSPS) is 21.0. The number of hydrogen-bond donors (Lipinski definition) is 6. The van der Waals surface area contributed by atoms with Crippen LogP contribution in [0.1, 0.15) is 226 Å². The molecule has 0 aliphatic carbocycles. The summed E-state index contributed by atoms with van der Waals surface area (Å²) in [7, 11) is 0. The number of nitrogens with one attached hydrogen (secondary N) is 1. The lowest BCUT2D eigenvalue weighted by molar-refractivity contribution is -0.302. The number of rotatable bonds is 41. The summed E-state index contributed by atoms with van der Waals surface area (Å²) in [4.78, 5) is 13.0. The molecule has 1 amide bonds. The van der Waals surface area contributed by atoms with Crippen LogP contribution in [0.4, 0.5) is 0 Å². The smallest absolute Gasteiger partial charge is 0.220 e. The first-order valence-electron chi connectivity index (χ1n) is 24.5. The molecule has 0 aromatic rings. The van der Waals surface area contributed by atoms with Gasteiger partial charge >= 0.3 is 0 Å². The second kappa shape index (κ2) is 39.8. The molecule has 1 aliphatic heterocycles. The molecule has 1 aliphatic rings. The highest BCUT2D eigenvalue weighted by Gasteiger charge is 2.44. The highest BCUT2D eigenvalue weighted by molar-refractivity contribution is 5.76. The molecule has 1 fully saturated rings. The summed E-state index contributed by atoms with van der Waals surface area (Å²) >= 11 is 0. The van der Waals surface area contributed by atoms with E-state index in [2.05, 4.69) is 43.5 Å². The number of aliphatic hydroxyl groups is 5. The van der Waals surface area contributed by atoms with Gasteiger partial charge in [0.2, 0.25) is 5.91 Å². The van der Waals surface area contributed by atoms with Crippen molar-refractivity contribution in [3.63, 3.8) is 0 Å². The molecule has 0 aromatic carbocycles. The maximum absolute atomic E-state index is 13.0. The number of aliphatic hydroxyl groups excluding tert-OH is 5. The SMILES string of the molecule is CCCCCCCCCCC/C=C\C/C=C\CCCCCCCCCC(=O)NC(COC1OC(CO)C(O)C(O)C1O)C(O)CCCCCCCCCCCCCC. The summed E-state index contributed by atoms with van der Waals surface area (Å²) in [5.41, 5.74) is 0. The summed E-state index contributed by atoms with van der Waals surface area (Å²) in [5.74, 6) is -0.152. The van der Waals surface area contributed by atoms with Crippen LogP contribution in [0.15, 0.2) is 24.3 Å².